The van der Waals surface area contributed by atoms with Crippen molar-refractivity contribution in [1.82, 2.24) is 0 Å². The van der Waals surface area contributed by atoms with Gasteiger partial charge in [-0.25, -0.2) is 9.13 Å². The van der Waals surface area contributed by atoms with E-state index in [2.05, 4.69) is 59.9 Å². The zero-order valence-electron chi connectivity index (χ0n) is 14.6. The fourth-order valence-corrected chi connectivity index (χ4v) is 2.75. The molecule has 0 unspecified atom stereocenters. The Morgan fingerprint density at radius 1 is 0.885 bits per heavy atom. The minimum atomic E-state index is -0.784. The highest BCUT2D eigenvalue weighted by atomic mass is 16.4. The average Bonchev–Trinajstić information content (AvgIpc) is 2.68. The van der Waals surface area contributed by atoms with Gasteiger partial charge in [-0.3, -0.25) is 4.79 Å². The van der Waals surface area contributed by atoms with Crippen molar-refractivity contribution in [2.24, 2.45) is 0 Å². The van der Waals surface area contributed by atoms with E-state index in [-0.39, 0.29) is 6.42 Å². The van der Waals surface area contributed by atoms with Crippen molar-refractivity contribution in [2.45, 2.75) is 19.5 Å². The van der Waals surface area contributed by atoms with Gasteiger partial charge in [0.2, 0.25) is 0 Å². The first-order valence-corrected chi connectivity index (χ1v) is 8.56. The maximum Gasteiger partial charge on any atom is 0.309 e. The van der Waals surface area contributed by atoms with Gasteiger partial charge in [0.15, 0.2) is 37.9 Å². The summed E-state index contributed by atoms with van der Waals surface area (Å²) in [5.74, 6) is -0.784. The standard InChI is InChI=1S/C22H21N2O2/c1-2-18-3-5-19(6-4-18)17-24-14-9-21(10-15-24)20-7-12-23(13-8-20)16-11-22(25)26/h2-10,12-15H,1,11,16-17H2/q+1/p+1. The highest BCUT2D eigenvalue weighted by molar-refractivity contribution is 5.66. The number of aromatic nitrogens is 2. The summed E-state index contributed by atoms with van der Waals surface area (Å²) >= 11 is 0. The molecule has 0 saturated heterocycles. The van der Waals surface area contributed by atoms with Gasteiger partial charge in [-0.05, 0) is 16.7 Å². The van der Waals surface area contributed by atoms with Gasteiger partial charge in [-0.1, -0.05) is 36.9 Å². The molecule has 3 aromatic rings. The maximum atomic E-state index is 10.6. The summed E-state index contributed by atoms with van der Waals surface area (Å²) in [4.78, 5) is 10.6. The maximum absolute atomic E-state index is 10.6. The van der Waals surface area contributed by atoms with E-state index in [1.165, 1.54) is 5.56 Å². The van der Waals surface area contributed by atoms with Crippen molar-refractivity contribution in [1.29, 1.82) is 0 Å². The molecular weight excluding hydrogens is 324 g/mol. The van der Waals surface area contributed by atoms with Gasteiger partial charge in [0.05, 0.1) is 0 Å². The van der Waals surface area contributed by atoms with Crippen LogP contribution in [-0.4, -0.2) is 11.1 Å². The summed E-state index contributed by atoms with van der Waals surface area (Å²) in [6.45, 7) is 5.08. The molecule has 26 heavy (non-hydrogen) atoms. The number of carboxylic acid groups (broad SMARTS) is 1. The first-order chi connectivity index (χ1) is 12.6. The minimum Gasteiger partial charge on any atom is -0.481 e. The van der Waals surface area contributed by atoms with Crippen LogP contribution in [0, 0.1) is 0 Å². The van der Waals surface area contributed by atoms with Crippen molar-refractivity contribution >= 4 is 12.0 Å². The molecule has 130 valence electrons. The Morgan fingerprint density at radius 2 is 1.42 bits per heavy atom. The zero-order chi connectivity index (χ0) is 18.4. The topological polar surface area (TPSA) is 45.1 Å². The lowest BCUT2D eigenvalue weighted by Crippen LogP contribution is -2.34. The molecule has 4 heteroatoms. The van der Waals surface area contributed by atoms with Crippen molar-refractivity contribution in [2.75, 3.05) is 0 Å². The summed E-state index contributed by atoms with van der Waals surface area (Å²) in [6, 6.07) is 16.6. The van der Waals surface area contributed by atoms with E-state index >= 15 is 0 Å². The predicted octanol–water partition coefficient (Wildman–Crippen LogP) is 3.09. The second kappa shape index (κ2) is 8.21. The summed E-state index contributed by atoms with van der Waals surface area (Å²) in [6.07, 6.45) is 9.95. The molecule has 4 nitrogen and oxygen atoms in total. The van der Waals surface area contributed by atoms with Crippen molar-refractivity contribution in [3.63, 3.8) is 0 Å². The normalized spacial score (nSPS) is 10.5. The highest BCUT2D eigenvalue weighted by Gasteiger charge is 2.08. The second-order valence-electron chi connectivity index (χ2n) is 6.17. The van der Waals surface area contributed by atoms with E-state index in [9.17, 15) is 4.79 Å². The molecule has 2 heterocycles. The lowest BCUT2D eigenvalue weighted by atomic mass is 10.1. The number of hydrogen-bond acceptors (Lipinski definition) is 1. The number of carboxylic acids is 1. The van der Waals surface area contributed by atoms with Gasteiger partial charge in [0.25, 0.3) is 0 Å². The Morgan fingerprint density at radius 3 is 1.92 bits per heavy atom. The van der Waals surface area contributed by atoms with Gasteiger partial charge in [0, 0.05) is 29.8 Å². The second-order valence-corrected chi connectivity index (χ2v) is 6.17. The molecule has 0 saturated carbocycles. The van der Waals surface area contributed by atoms with E-state index in [0.717, 1.165) is 23.2 Å². The van der Waals surface area contributed by atoms with Gasteiger partial charge >= 0.3 is 5.97 Å². The fourth-order valence-electron chi connectivity index (χ4n) is 2.75. The van der Waals surface area contributed by atoms with E-state index < -0.39 is 5.97 Å². The molecule has 1 aromatic carbocycles. The number of nitrogens with zero attached hydrogens (tertiary/aromatic N) is 2. The third-order valence-electron chi connectivity index (χ3n) is 4.28. The molecule has 0 aliphatic rings. The molecule has 1 N–H and O–H groups in total. The predicted molar refractivity (Wildman–Crippen MR) is 100 cm³/mol. The molecule has 0 spiro atoms. The Labute approximate surface area is 153 Å². The lowest BCUT2D eigenvalue weighted by molar-refractivity contribution is -0.695. The monoisotopic (exact) mass is 346 g/mol. The molecule has 0 aliphatic carbocycles. The lowest BCUT2D eigenvalue weighted by Gasteiger charge is -2.02. The van der Waals surface area contributed by atoms with Gasteiger partial charge < -0.3 is 5.11 Å². The van der Waals surface area contributed by atoms with Crippen LogP contribution in [0.1, 0.15) is 17.5 Å². The van der Waals surface area contributed by atoms with Crippen molar-refractivity contribution in [3.05, 3.63) is 91.0 Å². The summed E-state index contributed by atoms with van der Waals surface area (Å²) in [7, 11) is 0. The number of rotatable bonds is 7. The van der Waals surface area contributed by atoms with Crippen LogP contribution >= 0.6 is 0 Å². The van der Waals surface area contributed by atoms with Gasteiger partial charge in [0.1, 0.15) is 6.42 Å². The van der Waals surface area contributed by atoms with Crippen LogP contribution in [-0.2, 0) is 17.9 Å². The van der Waals surface area contributed by atoms with Crippen LogP contribution in [0.15, 0.2) is 79.9 Å². The van der Waals surface area contributed by atoms with Crippen LogP contribution in [0.25, 0.3) is 17.2 Å². The average molecular weight is 346 g/mol. The molecule has 0 amide bonds. The molecule has 3 rings (SSSR count). The summed E-state index contributed by atoms with van der Waals surface area (Å²) in [5, 5.41) is 8.75. The van der Waals surface area contributed by atoms with E-state index in [0.29, 0.717) is 6.54 Å². The number of aliphatic carboxylic acids is 1. The van der Waals surface area contributed by atoms with E-state index in [1.54, 1.807) is 0 Å². The van der Waals surface area contributed by atoms with Crippen molar-refractivity contribution < 1.29 is 19.0 Å². The molecule has 0 aliphatic heterocycles. The van der Waals surface area contributed by atoms with Crippen molar-refractivity contribution in [3.8, 4) is 11.1 Å². The van der Waals surface area contributed by atoms with Gasteiger partial charge in [-0.15, -0.1) is 0 Å². The third-order valence-corrected chi connectivity index (χ3v) is 4.28. The molecule has 0 bridgehead atoms. The molecule has 0 fully saturated rings. The van der Waals surface area contributed by atoms with Crippen LogP contribution < -0.4 is 9.13 Å². The fraction of sp³-hybridized carbons (Fsp3) is 0.136. The Hall–Kier alpha value is -3.27. The number of carbonyl (C=O) groups is 1. The number of hydrogen-bond donors (Lipinski definition) is 1. The largest absolute Gasteiger partial charge is 0.481 e. The highest BCUT2D eigenvalue weighted by Crippen LogP contribution is 2.15. The van der Waals surface area contributed by atoms with Crippen LogP contribution in [0.3, 0.4) is 0 Å². The molecule has 0 radical (unpaired) electrons. The molecule has 0 atom stereocenters. The van der Waals surface area contributed by atoms with Crippen LogP contribution in [0.5, 0.6) is 0 Å². The Bertz CT molecular complexity index is 883. The summed E-state index contributed by atoms with van der Waals surface area (Å²) < 4.78 is 4.02. The minimum absolute atomic E-state index is 0.128. The Balaban J connectivity index is 1.66. The first-order valence-electron chi connectivity index (χ1n) is 8.56. The van der Waals surface area contributed by atoms with Crippen LogP contribution in [0.4, 0.5) is 0 Å². The smallest absolute Gasteiger partial charge is 0.309 e. The van der Waals surface area contributed by atoms with Gasteiger partial charge in [-0.2, -0.15) is 0 Å². The third kappa shape index (κ3) is 4.63. The first kappa shape index (κ1) is 17.5. The molecule has 2 aromatic heterocycles. The van der Waals surface area contributed by atoms with E-state index in [4.69, 9.17) is 5.11 Å². The Kier molecular flexibility index (Phi) is 5.54. The van der Waals surface area contributed by atoms with E-state index in [1.807, 2.05) is 35.2 Å². The number of aryl methyl sites for hydroxylation is 1. The van der Waals surface area contributed by atoms with Crippen LogP contribution in [0.2, 0.25) is 0 Å². The summed E-state index contributed by atoms with van der Waals surface area (Å²) in [5.41, 5.74) is 4.61. The molecular formula is C22H22N2O2+2. The quantitative estimate of drug-likeness (QED) is 0.668. The zero-order valence-corrected chi connectivity index (χ0v) is 14.6. The number of pyridine rings is 2. The number of benzene rings is 1. The SMILES string of the molecule is C=Cc1ccc(C[n+]2ccc(-c3cc[n+](CCC(=O)O)cc3)cc2)cc1.